The van der Waals surface area contributed by atoms with Crippen molar-refractivity contribution in [3.8, 4) is 56.1 Å². The number of fused-ring (bicyclic) bond motifs is 36. The molecule has 0 saturated carbocycles. The van der Waals surface area contributed by atoms with Gasteiger partial charge in [-0.3, -0.25) is 0 Å². The van der Waals surface area contributed by atoms with Crippen LogP contribution in [0.5, 0.6) is 0 Å². The first kappa shape index (κ1) is 73.8. The van der Waals surface area contributed by atoms with Crippen molar-refractivity contribution in [2.24, 2.45) is 0 Å². The average Bonchev–Trinajstić information content (AvgIpc) is 1.59. The SMILES string of the molecule is c1ccc2c(c1)c1ccccc1n2-c1ccc2oc3cc4c(cc3c2c1)oc1ccc(-c2ccc(-c3ccc5oc6cc7c(cc6c5c3)oc3ccc(-n5c6ccccc6c6ccccc65)cc37)cc2)cc14.c1ccc2c(c1)c1ccccc1n2-c1ccc2oc3cc4c(cc3c2c1)oc1ccc(-c2ccc3oc5cc6c(cc5c3c2)oc2ccc(-n3c5ccccc5c5ccccc53)cc26)cc14. The molecule has 0 unspecified atom stereocenters. The van der Waals surface area contributed by atoms with Crippen molar-refractivity contribution in [3.05, 3.63) is 413 Å². The van der Waals surface area contributed by atoms with Gasteiger partial charge in [0.25, 0.3) is 0 Å². The largest absolute Gasteiger partial charge is 0.456 e. The lowest BCUT2D eigenvalue weighted by molar-refractivity contribution is 0.664. The predicted octanol–water partition coefficient (Wildman–Crippen LogP) is 36.0. The molecular formula is C126H68N4O8. The molecule has 0 radical (unpaired) electrons. The molecule has 0 amide bonds. The van der Waals surface area contributed by atoms with Gasteiger partial charge >= 0.3 is 0 Å². The fourth-order valence-electron chi connectivity index (χ4n) is 23.1. The molecule has 12 aromatic heterocycles. The van der Waals surface area contributed by atoms with Gasteiger partial charge in [0.2, 0.25) is 0 Å². The third-order valence-electron chi connectivity index (χ3n) is 29.4. The number of aromatic nitrogens is 4. The molecule has 0 spiro atoms. The maximum atomic E-state index is 6.56. The summed E-state index contributed by atoms with van der Waals surface area (Å²) < 4.78 is 61.8. The van der Waals surface area contributed by atoms with Gasteiger partial charge in [0.15, 0.2) is 0 Å². The van der Waals surface area contributed by atoms with Crippen LogP contribution < -0.4 is 0 Å². The molecule has 640 valence electrons. The van der Waals surface area contributed by atoms with Gasteiger partial charge in [-0.2, -0.15) is 0 Å². The van der Waals surface area contributed by atoms with Crippen LogP contribution in [0.2, 0.25) is 0 Å². The summed E-state index contributed by atoms with van der Waals surface area (Å²) in [5.41, 5.74) is 33.8. The van der Waals surface area contributed by atoms with Crippen LogP contribution in [-0.4, -0.2) is 18.3 Å². The quantitative estimate of drug-likeness (QED) is 0.154. The van der Waals surface area contributed by atoms with E-state index in [-0.39, 0.29) is 0 Å². The van der Waals surface area contributed by atoms with Crippen molar-refractivity contribution in [2.45, 2.75) is 0 Å². The van der Waals surface area contributed by atoms with Crippen LogP contribution in [0, 0.1) is 0 Å². The van der Waals surface area contributed by atoms with E-state index in [9.17, 15) is 0 Å². The van der Waals surface area contributed by atoms with Gasteiger partial charge in [-0.1, -0.05) is 194 Å². The first-order valence-electron chi connectivity index (χ1n) is 46.7. The van der Waals surface area contributed by atoms with E-state index in [1.54, 1.807) is 0 Å². The maximum absolute atomic E-state index is 6.56. The van der Waals surface area contributed by atoms with Crippen LogP contribution in [0.15, 0.2) is 448 Å². The van der Waals surface area contributed by atoms with Crippen molar-refractivity contribution in [3.63, 3.8) is 0 Å². The monoisotopic (exact) mass is 1760 g/mol. The predicted molar refractivity (Wildman–Crippen MR) is 565 cm³/mol. The van der Waals surface area contributed by atoms with E-state index in [2.05, 4.69) is 431 Å². The van der Waals surface area contributed by atoms with Crippen LogP contribution in [0.1, 0.15) is 0 Å². The average molecular weight is 1770 g/mol. The number of nitrogens with zero attached hydrogens (tertiary/aromatic N) is 4. The Labute approximate surface area is 779 Å². The van der Waals surface area contributed by atoms with Gasteiger partial charge in [0, 0.05) is 152 Å². The molecule has 33 rings (SSSR count). The van der Waals surface area contributed by atoms with Crippen LogP contribution in [0.4, 0.5) is 0 Å². The Hall–Kier alpha value is -18.8. The Morgan fingerprint density at radius 2 is 0.239 bits per heavy atom. The Bertz CT molecular complexity index is 10400. The first-order chi connectivity index (χ1) is 68.3. The molecule has 0 saturated heterocycles. The van der Waals surface area contributed by atoms with E-state index in [4.69, 9.17) is 35.3 Å². The number of furan rings is 8. The van der Waals surface area contributed by atoms with Crippen LogP contribution in [0.3, 0.4) is 0 Å². The highest BCUT2D eigenvalue weighted by Gasteiger charge is 2.26. The van der Waals surface area contributed by atoms with Gasteiger partial charge in [-0.15, -0.1) is 0 Å². The van der Waals surface area contributed by atoms with Crippen molar-refractivity contribution < 1.29 is 35.3 Å². The van der Waals surface area contributed by atoms with E-state index < -0.39 is 0 Å². The van der Waals surface area contributed by atoms with Crippen molar-refractivity contribution in [1.82, 2.24) is 18.3 Å². The lowest BCUT2D eigenvalue weighted by Gasteiger charge is -2.07. The van der Waals surface area contributed by atoms with Gasteiger partial charge in [0.05, 0.1) is 44.1 Å². The highest BCUT2D eigenvalue weighted by Crippen LogP contribution is 2.49. The van der Waals surface area contributed by atoms with E-state index in [1.807, 2.05) is 0 Å². The summed E-state index contributed by atoms with van der Waals surface area (Å²) in [5, 5.41) is 26.5. The molecule has 12 heteroatoms. The van der Waals surface area contributed by atoms with Crippen molar-refractivity contribution in [2.75, 3.05) is 0 Å². The Morgan fingerprint density at radius 1 is 0.101 bits per heavy atom. The lowest BCUT2D eigenvalue weighted by atomic mass is 9.98. The van der Waals surface area contributed by atoms with Crippen LogP contribution in [0.25, 0.3) is 319 Å². The Balaban J connectivity index is 0.000000126. The summed E-state index contributed by atoms with van der Waals surface area (Å²) in [5.74, 6) is 0. The molecule has 21 aromatic carbocycles. The van der Waals surface area contributed by atoms with E-state index in [0.717, 1.165) is 232 Å². The summed E-state index contributed by atoms with van der Waals surface area (Å²) in [6.45, 7) is 0. The minimum Gasteiger partial charge on any atom is -0.456 e. The Kier molecular flexibility index (Phi) is 14.7. The molecule has 12 nitrogen and oxygen atoms in total. The van der Waals surface area contributed by atoms with E-state index in [1.165, 1.54) is 87.2 Å². The summed E-state index contributed by atoms with van der Waals surface area (Å²) in [6, 6.07) is 146. The third kappa shape index (κ3) is 10.6. The van der Waals surface area contributed by atoms with Gasteiger partial charge in [0.1, 0.15) is 89.3 Å². The molecular weight excluding hydrogens is 1700 g/mol. The second-order valence-electron chi connectivity index (χ2n) is 36.8. The zero-order chi connectivity index (χ0) is 89.5. The topological polar surface area (TPSA) is 125 Å². The fourth-order valence-corrected chi connectivity index (χ4v) is 23.1. The molecule has 12 heterocycles. The zero-order valence-corrected chi connectivity index (χ0v) is 73.3. The van der Waals surface area contributed by atoms with Crippen molar-refractivity contribution in [1.29, 1.82) is 0 Å². The van der Waals surface area contributed by atoms with Crippen LogP contribution in [-0.2, 0) is 0 Å². The minimum absolute atomic E-state index is 0.827. The molecule has 138 heavy (non-hydrogen) atoms. The zero-order valence-electron chi connectivity index (χ0n) is 73.3. The summed E-state index contributed by atoms with van der Waals surface area (Å²) in [6.07, 6.45) is 0. The highest BCUT2D eigenvalue weighted by molar-refractivity contribution is 6.23. The molecule has 0 bridgehead atoms. The fraction of sp³-hybridized carbons (Fsp3) is 0. The highest BCUT2D eigenvalue weighted by atomic mass is 16.4. The van der Waals surface area contributed by atoms with Crippen LogP contribution >= 0.6 is 0 Å². The van der Waals surface area contributed by atoms with Gasteiger partial charge in [-0.05, 0) is 252 Å². The molecule has 0 fully saturated rings. The number of hydrogen-bond acceptors (Lipinski definition) is 8. The molecule has 0 aliphatic heterocycles. The molecule has 0 aliphatic rings. The molecule has 0 aliphatic carbocycles. The first-order valence-corrected chi connectivity index (χ1v) is 46.7. The van der Waals surface area contributed by atoms with E-state index in [0.29, 0.717) is 0 Å². The Morgan fingerprint density at radius 3 is 0.420 bits per heavy atom. The number of benzene rings is 21. The molecule has 0 atom stereocenters. The minimum atomic E-state index is 0.827. The van der Waals surface area contributed by atoms with E-state index >= 15 is 0 Å². The lowest BCUT2D eigenvalue weighted by Crippen LogP contribution is -1.93. The standard InChI is InChI=1S/C66H36N2O4.C60H32N2O4/c1-5-13-55-43(9-1)44-10-2-6-14-56(44)67(55)41-23-27-61-49(31-41)53-35-63-51(33-65(53)71-61)47-29-39(21-25-59(47)69-63)37-17-19-38(20-18-37)40-22-26-60-48(30-40)52-34-66-54(36-64(52)70-60)50-32-42(24-28-62(50)72-66)68-57-15-7-3-11-45(57)46-12-4-8-16-58(46)68;1-5-13-49-37(9-1)38-10-2-6-14-50(38)61(49)35-19-23-55-43(27-35)47-31-57-45(29-59(47)65-55)41-25-33(17-21-53(41)63-57)34-18-22-54-42(26-34)46-30-60-48(32-58(46)64-54)44-28-36(20-24-56(44)66-60)62-51-15-7-3-11-39(51)40-12-4-8-16-52(40)62/h1-36H;1-32H. The van der Waals surface area contributed by atoms with Gasteiger partial charge in [-0.25, -0.2) is 0 Å². The number of hydrogen-bond donors (Lipinski definition) is 0. The second kappa shape index (κ2) is 27.5. The summed E-state index contributed by atoms with van der Waals surface area (Å²) in [7, 11) is 0. The van der Waals surface area contributed by atoms with Crippen molar-refractivity contribution >= 4 is 263 Å². The number of rotatable bonds is 7. The normalized spacial score (nSPS) is 12.5. The number of para-hydroxylation sites is 8. The third-order valence-corrected chi connectivity index (χ3v) is 29.4. The summed E-state index contributed by atoms with van der Waals surface area (Å²) >= 11 is 0. The molecule has 33 aromatic rings. The molecule has 0 N–H and O–H groups in total. The smallest absolute Gasteiger partial charge is 0.136 e. The second-order valence-corrected chi connectivity index (χ2v) is 36.8. The maximum Gasteiger partial charge on any atom is 0.136 e. The van der Waals surface area contributed by atoms with Gasteiger partial charge < -0.3 is 53.6 Å². The summed E-state index contributed by atoms with van der Waals surface area (Å²) in [4.78, 5) is 0.